The molecule has 1 aliphatic rings. The van der Waals surface area contributed by atoms with Gasteiger partial charge in [-0.15, -0.1) is 0 Å². The summed E-state index contributed by atoms with van der Waals surface area (Å²) in [5, 5.41) is 4.08. The number of methoxy groups -OCH3 is 2. The fraction of sp³-hybridized carbons (Fsp3) is 0.368. The smallest absolute Gasteiger partial charge is 0.256 e. The van der Waals surface area contributed by atoms with Gasteiger partial charge in [-0.05, 0) is 31.0 Å². The van der Waals surface area contributed by atoms with E-state index in [2.05, 4.69) is 25.2 Å². The van der Waals surface area contributed by atoms with Crippen LogP contribution in [-0.4, -0.2) is 54.2 Å². The Balaban J connectivity index is 1.38. The molecule has 3 aromatic heterocycles. The summed E-state index contributed by atoms with van der Waals surface area (Å²) >= 11 is 1.60. The molecule has 0 spiro atoms. The van der Waals surface area contributed by atoms with Gasteiger partial charge in [0.15, 0.2) is 5.13 Å². The lowest BCUT2D eigenvalue weighted by atomic mass is 10.0. The van der Waals surface area contributed by atoms with Gasteiger partial charge in [0.2, 0.25) is 11.8 Å². The highest BCUT2D eigenvalue weighted by molar-refractivity contribution is 7.21. The van der Waals surface area contributed by atoms with Crippen LogP contribution in [0.15, 0.2) is 30.5 Å². The number of hydrogen-bond acceptors (Lipinski definition) is 8. The zero-order valence-corrected chi connectivity index (χ0v) is 16.5. The number of pyridine rings is 2. The van der Waals surface area contributed by atoms with Gasteiger partial charge >= 0.3 is 0 Å². The van der Waals surface area contributed by atoms with Crippen molar-refractivity contribution in [3.8, 4) is 11.8 Å². The lowest BCUT2D eigenvalue weighted by Gasteiger charge is -2.32. The number of carbonyl (C=O) groups is 1. The number of carbonyl (C=O) groups excluding carboxylic acids is 1. The van der Waals surface area contributed by atoms with E-state index in [1.165, 1.54) is 14.2 Å². The fourth-order valence-electron chi connectivity index (χ4n) is 3.24. The predicted molar refractivity (Wildman–Crippen MR) is 107 cm³/mol. The van der Waals surface area contributed by atoms with Crippen LogP contribution in [-0.2, 0) is 0 Å². The first-order valence-electron chi connectivity index (χ1n) is 9.04. The highest BCUT2D eigenvalue weighted by Gasteiger charge is 2.24. The third-order valence-corrected chi connectivity index (χ3v) is 5.78. The number of amides is 1. The minimum absolute atomic E-state index is 0.100. The summed E-state index contributed by atoms with van der Waals surface area (Å²) < 4.78 is 10.3. The lowest BCUT2D eigenvalue weighted by Crippen LogP contribution is -2.44. The summed E-state index contributed by atoms with van der Waals surface area (Å²) in [5.74, 6) is 0.484. The molecule has 1 fully saturated rings. The Morgan fingerprint density at radius 3 is 2.71 bits per heavy atom. The largest absolute Gasteiger partial charge is 0.481 e. The molecule has 4 rings (SSSR count). The Morgan fingerprint density at radius 2 is 2.00 bits per heavy atom. The second kappa shape index (κ2) is 7.97. The Kier molecular flexibility index (Phi) is 5.25. The van der Waals surface area contributed by atoms with E-state index in [4.69, 9.17) is 9.47 Å². The van der Waals surface area contributed by atoms with Crippen LogP contribution >= 0.6 is 11.3 Å². The zero-order valence-electron chi connectivity index (χ0n) is 15.7. The highest BCUT2D eigenvalue weighted by atomic mass is 32.1. The van der Waals surface area contributed by atoms with Crippen LogP contribution in [0.2, 0.25) is 0 Å². The minimum Gasteiger partial charge on any atom is -0.481 e. The van der Waals surface area contributed by atoms with Crippen molar-refractivity contribution in [2.75, 3.05) is 32.2 Å². The van der Waals surface area contributed by atoms with E-state index in [1.807, 2.05) is 12.1 Å². The van der Waals surface area contributed by atoms with Crippen LogP contribution in [0.3, 0.4) is 0 Å². The van der Waals surface area contributed by atoms with Gasteiger partial charge in [0.1, 0.15) is 15.9 Å². The number of hydrogen-bond donors (Lipinski definition) is 1. The SMILES string of the molecule is COc1ccc(C(=O)NC2CCN(c3nc4cccnc4s3)CC2)c(OC)n1. The lowest BCUT2D eigenvalue weighted by molar-refractivity contribution is 0.0927. The molecule has 0 radical (unpaired) electrons. The average Bonchev–Trinajstić information content (AvgIpc) is 3.18. The molecule has 0 bridgehead atoms. The molecule has 0 atom stereocenters. The maximum Gasteiger partial charge on any atom is 0.256 e. The Labute approximate surface area is 166 Å². The summed E-state index contributed by atoms with van der Waals surface area (Å²) in [7, 11) is 3.01. The van der Waals surface area contributed by atoms with Crippen molar-refractivity contribution in [1.29, 1.82) is 0 Å². The van der Waals surface area contributed by atoms with Gasteiger partial charge in [0.25, 0.3) is 5.91 Å². The van der Waals surface area contributed by atoms with Crippen molar-refractivity contribution in [2.45, 2.75) is 18.9 Å². The Bertz CT molecular complexity index is 952. The van der Waals surface area contributed by atoms with Crippen LogP contribution in [0.4, 0.5) is 5.13 Å². The number of fused-ring (bicyclic) bond motifs is 1. The van der Waals surface area contributed by atoms with Crippen LogP contribution < -0.4 is 19.7 Å². The van der Waals surface area contributed by atoms with Crippen molar-refractivity contribution >= 4 is 32.7 Å². The summed E-state index contributed by atoms with van der Waals surface area (Å²) in [6, 6.07) is 7.30. The maximum absolute atomic E-state index is 12.7. The zero-order chi connectivity index (χ0) is 19.5. The fourth-order valence-corrected chi connectivity index (χ4v) is 4.20. The van der Waals surface area contributed by atoms with Crippen LogP contribution in [0.25, 0.3) is 10.3 Å². The Hall–Kier alpha value is -2.94. The molecular weight excluding hydrogens is 378 g/mol. The van der Waals surface area contributed by atoms with Gasteiger partial charge in [-0.3, -0.25) is 4.79 Å². The predicted octanol–water partition coefficient (Wildman–Crippen LogP) is 2.50. The molecule has 0 aromatic carbocycles. The van der Waals surface area contributed by atoms with Gasteiger partial charge in [-0.2, -0.15) is 4.98 Å². The van der Waals surface area contributed by atoms with E-state index in [1.54, 1.807) is 29.7 Å². The molecule has 1 amide bonds. The summed E-state index contributed by atoms with van der Waals surface area (Å²) in [6.07, 6.45) is 3.48. The number of nitrogens with one attached hydrogen (secondary N) is 1. The van der Waals surface area contributed by atoms with Gasteiger partial charge in [0.05, 0.1) is 14.2 Å². The number of piperidine rings is 1. The molecule has 0 unspecified atom stereocenters. The third-order valence-electron chi connectivity index (χ3n) is 4.74. The van der Waals surface area contributed by atoms with Crippen LogP contribution in [0, 0.1) is 0 Å². The molecule has 1 aliphatic heterocycles. The second-order valence-electron chi connectivity index (χ2n) is 6.47. The van der Waals surface area contributed by atoms with Crippen molar-refractivity contribution < 1.29 is 14.3 Å². The summed E-state index contributed by atoms with van der Waals surface area (Å²) in [6.45, 7) is 1.67. The van der Waals surface area contributed by atoms with E-state index in [0.717, 1.165) is 41.4 Å². The normalized spacial score (nSPS) is 14.9. The highest BCUT2D eigenvalue weighted by Crippen LogP contribution is 2.29. The van der Waals surface area contributed by atoms with E-state index in [0.29, 0.717) is 11.4 Å². The number of anilines is 1. The maximum atomic E-state index is 12.7. The number of ether oxygens (including phenoxy) is 2. The summed E-state index contributed by atoms with van der Waals surface area (Å²) in [5.41, 5.74) is 1.33. The molecule has 0 saturated carbocycles. The molecule has 1 N–H and O–H groups in total. The van der Waals surface area contributed by atoms with Crippen molar-refractivity contribution in [3.63, 3.8) is 0 Å². The average molecular weight is 399 g/mol. The van der Waals surface area contributed by atoms with Crippen molar-refractivity contribution in [3.05, 3.63) is 36.0 Å². The molecule has 8 nitrogen and oxygen atoms in total. The van der Waals surface area contributed by atoms with Gasteiger partial charge in [-0.1, -0.05) is 11.3 Å². The van der Waals surface area contributed by atoms with E-state index in [9.17, 15) is 4.79 Å². The van der Waals surface area contributed by atoms with Crippen molar-refractivity contribution in [1.82, 2.24) is 20.3 Å². The van der Waals surface area contributed by atoms with E-state index >= 15 is 0 Å². The van der Waals surface area contributed by atoms with E-state index < -0.39 is 0 Å². The number of rotatable bonds is 5. The Morgan fingerprint density at radius 1 is 1.18 bits per heavy atom. The second-order valence-corrected chi connectivity index (χ2v) is 7.43. The first-order valence-corrected chi connectivity index (χ1v) is 9.86. The number of nitrogens with zero attached hydrogens (tertiary/aromatic N) is 4. The first kappa shape index (κ1) is 18.4. The standard InChI is InChI=1S/C19H21N5O3S/c1-26-15-6-5-13(17(23-15)27-2)16(25)21-12-7-10-24(11-8-12)19-22-14-4-3-9-20-18(14)28-19/h3-6,9,12H,7-8,10-11H2,1-2H3,(H,21,25). The van der Waals surface area contributed by atoms with E-state index in [-0.39, 0.29) is 17.8 Å². The number of aromatic nitrogens is 3. The molecule has 9 heteroatoms. The molecule has 3 aromatic rings. The molecule has 146 valence electrons. The molecule has 1 saturated heterocycles. The minimum atomic E-state index is -0.186. The molecular formula is C19H21N5O3S. The molecule has 28 heavy (non-hydrogen) atoms. The quantitative estimate of drug-likeness (QED) is 0.705. The third kappa shape index (κ3) is 3.70. The number of thiazole rings is 1. The van der Waals surface area contributed by atoms with Crippen molar-refractivity contribution in [2.24, 2.45) is 0 Å². The van der Waals surface area contributed by atoms with Crippen LogP contribution in [0.5, 0.6) is 11.8 Å². The monoisotopic (exact) mass is 399 g/mol. The van der Waals surface area contributed by atoms with Gasteiger partial charge in [-0.25, -0.2) is 9.97 Å². The van der Waals surface area contributed by atoms with Gasteiger partial charge in [0, 0.05) is 31.4 Å². The van der Waals surface area contributed by atoms with Crippen LogP contribution in [0.1, 0.15) is 23.2 Å². The first-order chi connectivity index (χ1) is 13.7. The molecule has 0 aliphatic carbocycles. The topological polar surface area (TPSA) is 89.5 Å². The molecule has 4 heterocycles. The summed E-state index contributed by atoms with van der Waals surface area (Å²) in [4.78, 5) is 29.1. The van der Waals surface area contributed by atoms with Gasteiger partial charge < -0.3 is 19.7 Å².